The van der Waals surface area contributed by atoms with Crippen LogP contribution >= 0.6 is 23.2 Å². The largest absolute Gasteiger partial charge is 0.484 e. The Bertz CT molecular complexity index is 1500. The van der Waals surface area contributed by atoms with Gasteiger partial charge >= 0.3 is 12.0 Å². The van der Waals surface area contributed by atoms with Crippen molar-refractivity contribution in [1.29, 1.82) is 0 Å². The van der Waals surface area contributed by atoms with E-state index in [1.165, 1.54) is 43.5 Å². The van der Waals surface area contributed by atoms with Gasteiger partial charge in [0.05, 0.1) is 28.4 Å². The predicted octanol–water partition coefficient (Wildman–Crippen LogP) is 4.46. The molecule has 0 aromatic heterocycles. The maximum absolute atomic E-state index is 13.1. The Morgan fingerprint density at radius 3 is 2.28 bits per heavy atom. The van der Waals surface area contributed by atoms with Crippen molar-refractivity contribution in [3.8, 4) is 5.75 Å². The smallest absolute Gasteiger partial charge is 0.337 e. The quantitative estimate of drug-likeness (QED) is 0.244. The van der Waals surface area contributed by atoms with E-state index in [0.29, 0.717) is 27.0 Å². The highest BCUT2D eigenvalue weighted by molar-refractivity contribution is 6.42. The lowest BCUT2D eigenvalue weighted by molar-refractivity contribution is -0.122. The molecular formula is C27H19Cl2N3O7. The van der Waals surface area contributed by atoms with E-state index in [-0.39, 0.29) is 23.4 Å². The van der Waals surface area contributed by atoms with Crippen molar-refractivity contribution in [3.63, 3.8) is 0 Å². The molecule has 0 bridgehead atoms. The van der Waals surface area contributed by atoms with Crippen molar-refractivity contribution in [1.82, 2.24) is 5.32 Å². The summed E-state index contributed by atoms with van der Waals surface area (Å²) in [5.74, 6) is -2.33. The van der Waals surface area contributed by atoms with Gasteiger partial charge in [0.1, 0.15) is 11.3 Å². The molecule has 0 atom stereocenters. The number of barbiturate groups is 1. The Morgan fingerprint density at radius 2 is 1.64 bits per heavy atom. The molecule has 1 aliphatic rings. The van der Waals surface area contributed by atoms with E-state index in [9.17, 15) is 24.0 Å². The van der Waals surface area contributed by atoms with Gasteiger partial charge in [0.25, 0.3) is 17.7 Å². The number of ether oxygens (including phenoxy) is 2. The van der Waals surface area contributed by atoms with Crippen LogP contribution in [0.3, 0.4) is 0 Å². The lowest BCUT2D eigenvalue weighted by Crippen LogP contribution is -2.54. The molecule has 0 unspecified atom stereocenters. The van der Waals surface area contributed by atoms with Gasteiger partial charge in [-0.1, -0.05) is 35.3 Å². The first-order valence-electron chi connectivity index (χ1n) is 11.2. The number of carbonyl (C=O) groups is 5. The number of esters is 1. The number of benzene rings is 3. The van der Waals surface area contributed by atoms with Crippen molar-refractivity contribution < 1.29 is 33.4 Å². The third-order valence-electron chi connectivity index (χ3n) is 5.41. The van der Waals surface area contributed by atoms with Crippen LogP contribution in [0, 0.1) is 0 Å². The highest BCUT2D eigenvalue weighted by Gasteiger charge is 2.36. The minimum Gasteiger partial charge on any atom is -0.484 e. The Morgan fingerprint density at radius 1 is 0.949 bits per heavy atom. The zero-order chi connectivity index (χ0) is 28.1. The normalized spacial score (nSPS) is 14.2. The van der Waals surface area contributed by atoms with Gasteiger partial charge in [0.2, 0.25) is 0 Å². The minimum absolute atomic E-state index is 0.159. The number of amides is 5. The summed E-state index contributed by atoms with van der Waals surface area (Å²) >= 11 is 11.8. The van der Waals surface area contributed by atoms with Crippen LogP contribution in [0.2, 0.25) is 10.0 Å². The van der Waals surface area contributed by atoms with Gasteiger partial charge in [-0.25, -0.2) is 14.5 Å². The van der Waals surface area contributed by atoms with Crippen molar-refractivity contribution in [3.05, 3.63) is 93.5 Å². The van der Waals surface area contributed by atoms with E-state index in [1.54, 1.807) is 36.4 Å². The molecule has 1 heterocycles. The number of nitrogens with one attached hydrogen (secondary N) is 2. The number of hydrogen-bond donors (Lipinski definition) is 2. The number of hydrogen-bond acceptors (Lipinski definition) is 7. The third-order valence-corrected chi connectivity index (χ3v) is 6.15. The molecule has 10 nitrogen and oxygen atoms in total. The second-order valence-corrected chi connectivity index (χ2v) is 8.85. The van der Waals surface area contributed by atoms with E-state index in [2.05, 4.69) is 15.4 Å². The van der Waals surface area contributed by atoms with Gasteiger partial charge in [-0.15, -0.1) is 0 Å². The Labute approximate surface area is 232 Å². The summed E-state index contributed by atoms with van der Waals surface area (Å²) in [4.78, 5) is 62.5. The summed E-state index contributed by atoms with van der Waals surface area (Å²) < 4.78 is 10.1. The predicted molar refractivity (Wildman–Crippen MR) is 144 cm³/mol. The zero-order valence-corrected chi connectivity index (χ0v) is 21.7. The first-order chi connectivity index (χ1) is 18.7. The maximum atomic E-state index is 13.1. The van der Waals surface area contributed by atoms with Gasteiger partial charge in [-0.2, -0.15) is 0 Å². The highest BCUT2D eigenvalue weighted by Crippen LogP contribution is 2.25. The Kier molecular flexibility index (Phi) is 8.28. The summed E-state index contributed by atoms with van der Waals surface area (Å²) in [6.07, 6.45) is 1.32. The van der Waals surface area contributed by atoms with E-state index in [4.69, 9.17) is 27.9 Å². The summed E-state index contributed by atoms with van der Waals surface area (Å²) in [6, 6.07) is 15.6. The number of carbonyl (C=O) groups excluding carboxylic acids is 5. The number of urea groups is 1. The topological polar surface area (TPSA) is 131 Å². The molecule has 5 amide bonds. The van der Waals surface area contributed by atoms with Crippen LogP contribution in [0.15, 0.2) is 72.3 Å². The molecule has 0 saturated carbocycles. The summed E-state index contributed by atoms with van der Waals surface area (Å²) in [7, 11) is 1.23. The fourth-order valence-electron chi connectivity index (χ4n) is 3.50. The molecule has 2 N–H and O–H groups in total. The number of rotatable bonds is 7. The van der Waals surface area contributed by atoms with Crippen LogP contribution in [0.25, 0.3) is 6.08 Å². The molecular weight excluding hydrogens is 549 g/mol. The summed E-state index contributed by atoms with van der Waals surface area (Å²) in [5, 5.41) is 5.43. The van der Waals surface area contributed by atoms with Crippen LogP contribution in [-0.4, -0.2) is 43.4 Å². The van der Waals surface area contributed by atoms with Crippen LogP contribution in [0.5, 0.6) is 5.75 Å². The van der Waals surface area contributed by atoms with E-state index >= 15 is 0 Å². The lowest BCUT2D eigenvalue weighted by Gasteiger charge is -2.26. The van der Waals surface area contributed by atoms with Crippen molar-refractivity contribution in [2.75, 3.05) is 23.9 Å². The monoisotopic (exact) mass is 567 g/mol. The van der Waals surface area contributed by atoms with Crippen LogP contribution in [0.4, 0.5) is 16.2 Å². The average Bonchev–Trinajstić information content (AvgIpc) is 2.92. The SMILES string of the molecule is COC(=O)c1ccc(N2C(=O)NC(=O)/C(=C/c3ccc(OCC(=O)Nc4ccc(Cl)c(Cl)c4)cc3)C2=O)cc1. The molecule has 0 radical (unpaired) electrons. The molecule has 3 aromatic rings. The first kappa shape index (κ1) is 27.4. The summed E-state index contributed by atoms with van der Waals surface area (Å²) in [6.45, 7) is -0.284. The Balaban J connectivity index is 1.42. The second kappa shape index (κ2) is 11.8. The minimum atomic E-state index is -0.920. The number of methoxy groups -OCH3 is 1. The molecule has 0 aliphatic carbocycles. The lowest BCUT2D eigenvalue weighted by atomic mass is 10.1. The average molecular weight is 568 g/mol. The number of nitrogens with zero attached hydrogens (tertiary/aromatic N) is 1. The number of halogens is 2. The molecule has 39 heavy (non-hydrogen) atoms. The molecule has 3 aromatic carbocycles. The zero-order valence-electron chi connectivity index (χ0n) is 20.2. The van der Waals surface area contributed by atoms with Gasteiger partial charge in [-0.3, -0.25) is 19.7 Å². The van der Waals surface area contributed by atoms with Crippen molar-refractivity contribution >= 4 is 70.4 Å². The van der Waals surface area contributed by atoms with Crippen molar-refractivity contribution in [2.24, 2.45) is 0 Å². The fourth-order valence-corrected chi connectivity index (χ4v) is 3.80. The standard InChI is InChI=1S/C27H19Cl2N3O7/c1-38-26(36)16-4-7-18(8-5-16)32-25(35)20(24(34)31-27(32)37)12-15-2-9-19(10-3-15)39-14-23(33)30-17-6-11-21(28)22(29)13-17/h2-13H,14H2,1H3,(H,30,33)(H,31,34,37)/b20-12-. The highest BCUT2D eigenvalue weighted by atomic mass is 35.5. The summed E-state index contributed by atoms with van der Waals surface area (Å²) in [5.41, 5.74) is 1.04. The fraction of sp³-hybridized carbons (Fsp3) is 0.0741. The molecule has 198 valence electrons. The van der Waals surface area contributed by atoms with Crippen LogP contribution in [0.1, 0.15) is 15.9 Å². The molecule has 1 aliphatic heterocycles. The second-order valence-electron chi connectivity index (χ2n) is 8.03. The van der Waals surface area contributed by atoms with E-state index in [1.807, 2.05) is 0 Å². The van der Waals surface area contributed by atoms with Gasteiger partial charge < -0.3 is 14.8 Å². The van der Waals surface area contributed by atoms with Crippen LogP contribution in [-0.2, 0) is 19.1 Å². The molecule has 1 fully saturated rings. The third kappa shape index (κ3) is 6.43. The molecule has 4 rings (SSSR count). The van der Waals surface area contributed by atoms with Crippen LogP contribution < -0.4 is 20.3 Å². The van der Waals surface area contributed by atoms with Gasteiger partial charge in [-0.05, 0) is 66.2 Å². The first-order valence-corrected chi connectivity index (χ1v) is 12.0. The van der Waals surface area contributed by atoms with E-state index < -0.39 is 29.7 Å². The molecule has 1 saturated heterocycles. The van der Waals surface area contributed by atoms with Gasteiger partial charge in [0.15, 0.2) is 6.61 Å². The van der Waals surface area contributed by atoms with E-state index in [0.717, 1.165) is 4.90 Å². The Hall–Kier alpha value is -4.67. The van der Waals surface area contributed by atoms with Crippen molar-refractivity contribution in [2.45, 2.75) is 0 Å². The number of anilines is 2. The molecule has 0 spiro atoms. The van der Waals surface area contributed by atoms with Gasteiger partial charge in [0, 0.05) is 5.69 Å². The number of imide groups is 2. The maximum Gasteiger partial charge on any atom is 0.337 e. The molecule has 12 heteroatoms.